The molecule has 0 aromatic heterocycles. The average Bonchev–Trinajstić information content (AvgIpc) is 1.05. The van der Waals surface area contributed by atoms with Crippen LogP contribution in [0.15, 0.2) is 0 Å². The molecule has 0 aliphatic carbocycles. The lowest BCUT2D eigenvalue weighted by molar-refractivity contribution is -0.161. The Morgan fingerprint density at radius 1 is 0.253 bits per heavy atom. The van der Waals surface area contributed by atoms with Gasteiger partial charge in [-0.1, -0.05) is 357 Å². The predicted octanol–water partition coefficient (Wildman–Crippen LogP) is 23.6. The second-order valence-electron chi connectivity index (χ2n) is 30.7. The molecule has 0 radical (unpaired) electrons. The molecular weight excluding hydrogens is 1290 g/mol. The van der Waals surface area contributed by atoms with Crippen molar-refractivity contribution >= 4 is 39.5 Å². The lowest BCUT2D eigenvalue weighted by Crippen LogP contribution is -2.30. The highest BCUT2D eigenvalue weighted by Gasteiger charge is 2.30. The number of rotatable bonds is 77. The number of aliphatic hydroxyl groups excluding tert-OH is 1. The third-order valence-electron chi connectivity index (χ3n) is 18.6. The number of carbonyl (C=O) groups excluding carboxylic acids is 4. The second kappa shape index (κ2) is 69.1. The molecule has 0 saturated carbocycles. The molecule has 3 N–H and O–H groups in total. The molecule has 0 bridgehead atoms. The van der Waals surface area contributed by atoms with Crippen molar-refractivity contribution in [2.45, 2.75) is 427 Å². The van der Waals surface area contributed by atoms with E-state index >= 15 is 0 Å². The molecule has 17 nitrogen and oxygen atoms in total. The Kier molecular flexibility index (Phi) is 67.8. The highest BCUT2D eigenvalue weighted by atomic mass is 31.2. The molecule has 588 valence electrons. The predicted molar refractivity (Wildman–Crippen MR) is 404 cm³/mol. The van der Waals surface area contributed by atoms with E-state index in [1.807, 2.05) is 0 Å². The van der Waals surface area contributed by atoms with Crippen molar-refractivity contribution < 1.29 is 80.2 Å². The first-order valence-corrected chi connectivity index (χ1v) is 44.2. The fourth-order valence-corrected chi connectivity index (χ4v) is 13.8. The van der Waals surface area contributed by atoms with Crippen LogP contribution in [0.4, 0.5) is 0 Å². The summed E-state index contributed by atoms with van der Waals surface area (Å²) < 4.78 is 68.6. The quantitative estimate of drug-likeness (QED) is 0.0222. The normalized spacial score (nSPS) is 14.1. The first-order chi connectivity index (χ1) is 47.6. The first-order valence-electron chi connectivity index (χ1n) is 41.2. The van der Waals surface area contributed by atoms with Crippen LogP contribution in [-0.4, -0.2) is 96.7 Å². The maximum atomic E-state index is 13.1. The van der Waals surface area contributed by atoms with Gasteiger partial charge in [0.1, 0.15) is 19.3 Å². The Bertz CT molecular complexity index is 1940. The van der Waals surface area contributed by atoms with Gasteiger partial charge in [-0.05, 0) is 49.4 Å². The minimum absolute atomic E-state index is 0.103. The van der Waals surface area contributed by atoms with Crippen molar-refractivity contribution in [2.24, 2.45) is 23.7 Å². The topological polar surface area (TPSA) is 237 Å². The van der Waals surface area contributed by atoms with Gasteiger partial charge in [0.2, 0.25) is 0 Å². The Balaban J connectivity index is 5.20. The highest BCUT2D eigenvalue weighted by Crippen LogP contribution is 2.45. The number of phosphoric ester groups is 2. The van der Waals surface area contributed by atoms with Gasteiger partial charge in [0.25, 0.3) is 0 Å². The summed E-state index contributed by atoms with van der Waals surface area (Å²) >= 11 is 0. The van der Waals surface area contributed by atoms with Crippen LogP contribution >= 0.6 is 15.6 Å². The van der Waals surface area contributed by atoms with E-state index in [9.17, 15) is 43.2 Å². The molecule has 0 saturated heterocycles. The zero-order valence-electron chi connectivity index (χ0n) is 65.1. The van der Waals surface area contributed by atoms with Crippen molar-refractivity contribution in [1.82, 2.24) is 0 Å². The number of ether oxygens (including phenoxy) is 4. The van der Waals surface area contributed by atoms with Gasteiger partial charge in [-0.3, -0.25) is 37.3 Å². The minimum atomic E-state index is -4.96. The van der Waals surface area contributed by atoms with Crippen molar-refractivity contribution in [1.29, 1.82) is 0 Å². The maximum Gasteiger partial charge on any atom is 0.472 e. The number of hydrogen-bond acceptors (Lipinski definition) is 15. The molecule has 0 aliphatic rings. The number of esters is 4. The van der Waals surface area contributed by atoms with E-state index in [1.165, 1.54) is 205 Å². The summed E-state index contributed by atoms with van der Waals surface area (Å²) in [6.07, 6.45) is 55.9. The molecule has 0 aromatic carbocycles. The largest absolute Gasteiger partial charge is 0.472 e. The van der Waals surface area contributed by atoms with Crippen LogP contribution in [0, 0.1) is 23.7 Å². The van der Waals surface area contributed by atoms with Gasteiger partial charge in [-0.2, -0.15) is 0 Å². The van der Waals surface area contributed by atoms with Crippen molar-refractivity contribution in [3.63, 3.8) is 0 Å². The number of aliphatic hydroxyl groups is 1. The van der Waals surface area contributed by atoms with Crippen LogP contribution in [0.1, 0.15) is 409 Å². The minimum Gasteiger partial charge on any atom is -0.462 e. The molecule has 0 spiro atoms. The Labute approximate surface area is 607 Å². The zero-order chi connectivity index (χ0) is 73.1. The van der Waals surface area contributed by atoms with E-state index in [2.05, 4.69) is 55.4 Å². The van der Waals surface area contributed by atoms with Crippen molar-refractivity contribution in [2.75, 3.05) is 39.6 Å². The lowest BCUT2D eigenvalue weighted by Gasteiger charge is -2.21. The number of unbranched alkanes of at least 4 members (excludes halogenated alkanes) is 43. The van der Waals surface area contributed by atoms with Gasteiger partial charge in [0.15, 0.2) is 12.2 Å². The van der Waals surface area contributed by atoms with Gasteiger partial charge in [0.05, 0.1) is 26.4 Å². The van der Waals surface area contributed by atoms with Crippen molar-refractivity contribution in [3.05, 3.63) is 0 Å². The molecule has 0 fully saturated rings. The highest BCUT2D eigenvalue weighted by molar-refractivity contribution is 7.47. The molecule has 0 amide bonds. The van der Waals surface area contributed by atoms with Crippen LogP contribution in [0.3, 0.4) is 0 Å². The fraction of sp³-hybridized carbons (Fsp3) is 0.950. The van der Waals surface area contributed by atoms with Gasteiger partial charge in [0, 0.05) is 25.7 Å². The Morgan fingerprint density at radius 3 is 0.626 bits per heavy atom. The van der Waals surface area contributed by atoms with Crippen LogP contribution in [0.2, 0.25) is 0 Å². The maximum absolute atomic E-state index is 13.1. The summed E-state index contributed by atoms with van der Waals surface area (Å²) in [4.78, 5) is 72.9. The van der Waals surface area contributed by atoms with Crippen LogP contribution in [-0.2, 0) is 65.4 Å². The summed E-state index contributed by atoms with van der Waals surface area (Å²) in [7, 11) is -9.92. The van der Waals surface area contributed by atoms with Crippen LogP contribution < -0.4 is 0 Å². The Hall–Kier alpha value is -1.94. The third-order valence-corrected chi connectivity index (χ3v) is 20.5. The smallest absolute Gasteiger partial charge is 0.462 e. The van der Waals surface area contributed by atoms with Gasteiger partial charge < -0.3 is 33.8 Å². The van der Waals surface area contributed by atoms with E-state index in [0.29, 0.717) is 31.6 Å². The SMILES string of the molecule is CC(C)CCCCCCCCCCCCCCCCCCCCC(=O)O[C@H](COC(=O)CCCCCCCCCCCCCCCCCC(C)C)COP(=O)(O)OC[C@@H](O)COP(=O)(O)OC[C@@H](COC(=O)CCCCCCCCC(C)C)OC(=O)CCCCCCCCCCC(C)C. The number of carbonyl (C=O) groups is 4. The molecule has 2 unspecified atom stereocenters. The van der Waals surface area contributed by atoms with E-state index < -0.39 is 97.5 Å². The van der Waals surface area contributed by atoms with Gasteiger partial charge in [-0.15, -0.1) is 0 Å². The number of phosphoric acid groups is 2. The summed E-state index contributed by atoms with van der Waals surface area (Å²) in [6, 6.07) is 0. The van der Waals surface area contributed by atoms with Crippen molar-refractivity contribution in [3.8, 4) is 0 Å². The molecule has 5 atom stereocenters. The molecule has 0 aliphatic heterocycles. The molecule has 0 aromatic rings. The summed E-state index contributed by atoms with van der Waals surface area (Å²) in [5.41, 5.74) is 0. The van der Waals surface area contributed by atoms with E-state index in [1.54, 1.807) is 0 Å². The average molecular weight is 1450 g/mol. The lowest BCUT2D eigenvalue weighted by atomic mass is 10.0. The van der Waals surface area contributed by atoms with Crippen LogP contribution in [0.5, 0.6) is 0 Å². The number of hydrogen-bond donors (Lipinski definition) is 3. The fourth-order valence-electron chi connectivity index (χ4n) is 12.3. The standard InChI is InChI=1S/C80H156O17P2/c1-70(2)56-48-40-32-26-22-18-14-11-9-10-12-16-21-25-29-36-46-54-62-79(84)96-75(66-90-77(82)60-52-44-35-28-24-20-17-13-15-19-23-27-33-41-49-57-71(3)4)68-94-98(86,87)92-64-74(81)65-93-99(88,89)95-69-76(67-91-78(83)61-53-45-39-38-43-51-59-73(7)8)97-80(85)63-55-47-37-31-30-34-42-50-58-72(5)6/h70-76,81H,9-69H2,1-8H3,(H,86,87)(H,88,89)/t74-,75-,76-/m1/s1. The van der Waals surface area contributed by atoms with E-state index in [4.69, 9.17) is 37.0 Å². The zero-order valence-corrected chi connectivity index (χ0v) is 66.9. The summed E-state index contributed by atoms with van der Waals surface area (Å²) in [5, 5.41) is 10.6. The van der Waals surface area contributed by atoms with E-state index in [-0.39, 0.29) is 25.7 Å². The molecule has 0 heterocycles. The summed E-state index contributed by atoms with van der Waals surface area (Å²) in [6.45, 7) is 14.2. The molecule has 99 heavy (non-hydrogen) atoms. The van der Waals surface area contributed by atoms with E-state index in [0.717, 1.165) is 114 Å². The third kappa shape index (κ3) is 74.1. The van der Waals surface area contributed by atoms with Gasteiger partial charge in [-0.25, -0.2) is 9.13 Å². The Morgan fingerprint density at radius 2 is 0.424 bits per heavy atom. The second-order valence-corrected chi connectivity index (χ2v) is 33.6. The van der Waals surface area contributed by atoms with Gasteiger partial charge >= 0.3 is 39.5 Å². The first kappa shape index (κ1) is 97.1. The van der Waals surface area contributed by atoms with Crippen LogP contribution in [0.25, 0.3) is 0 Å². The molecule has 19 heteroatoms. The molecular formula is C80H156O17P2. The monoisotopic (exact) mass is 1450 g/mol. The molecule has 0 rings (SSSR count). The summed E-state index contributed by atoms with van der Waals surface area (Å²) in [5.74, 6) is 0.904.